The van der Waals surface area contributed by atoms with Crippen LogP contribution in [0.3, 0.4) is 0 Å². The molecule has 0 unspecified atom stereocenters. The van der Waals surface area contributed by atoms with Crippen molar-refractivity contribution >= 4 is 5.65 Å². The SMILES string of the molecule is Cc1cncc([C@H]2C[C@@H]2c2cc(-c3c[nH]c(=O)[nH]c3=O)nn3ccnc23)c1. The van der Waals surface area contributed by atoms with Crippen LogP contribution in [0.4, 0.5) is 0 Å². The number of fused-ring (bicyclic) bond motifs is 1. The van der Waals surface area contributed by atoms with E-state index in [-0.39, 0.29) is 0 Å². The molecule has 8 heteroatoms. The molecule has 1 saturated carbocycles. The number of aromatic amines is 2. The van der Waals surface area contributed by atoms with Crippen molar-refractivity contribution in [3.63, 3.8) is 0 Å². The largest absolute Gasteiger partial charge is 0.325 e. The van der Waals surface area contributed by atoms with Crippen LogP contribution in [-0.4, -0.2) is 29.5 Å². The molecule has 0 aromatic carbocycles. The average Bonchev–Trinajstić information content (AvgIpc) is 3.30. The number of aryl methyl sites for hydroxylation is 1. The van der Waals surface area contributed by atoms with Gasteiger partial charge in [0.1, 0.15) is 0 Å². The molecule has 4 aromatic rings. The number of H-pyrrole nitrogens is 2. The summed E-state index contributed by atoms with van der Waals surface area (Å²) in [6, 6.07) is 4.06. The Balaban J connectivity index is 1.62. The van der Waals surface area contributed by atoms with Gasteiger partial charge in [0.2, 0.25) is 0 Å². The number of aromatic nitrogens is 6. The summed E-state index contributed by atoms with van der Waals surface area (Å²) in [4.78, 5) is 37.0. The quantitative estimate of drug-likeness (QED) is 0.578. The molecule has 1 aliphatic carbocycles. The second-order valence-corrected chi connectivity index (χ2v) is 6.91. The van der Waals surface area contributed by atoms with Crippen molar-refractivity contribution in [2.45, 2.75) is 25.2 Å². The minimum absolute atomic E-state index is 0.294. The lowest BCUT2D eigenvalue weighted by atomic mass is 10.0. The Morgan fingerprint density at radius 3 is 2.89 bits per heavy atom. The molecule has 0 aliphatic heterocycles. The summed E-state index contributed by atoms with van der Waals surface area (Å²) < 4.78 is 1.68. The van der Waals surface area contributed by atoms with Crippen LogP contribution in [0.25, 0.3) is 16.9 Å². The topological polar surface area (TPSA) is 109 Å². The first-order valence-electron chi connectivity index (χ1n) is 8.68. The van der Waals surface area contributed by atoms with E-state index < -0.39 is 11.2 Å². The maximum atomic E-state index is 12.2. The van der Waals surface area contributed by atoms with Gasteiger partial charge in [-0.2, -0.15) is 5.10 Å². The molecular weight excluding hydrogens is 344 g/mol. The fourth-order valence-corrected chi connectivity index (χ4v) is 3.63. The highest BCUT2D eigenvalue weighted by Crippen LogP contribution is 2.55. The fraction of sp³-hybridized carbons (Fsp3) is 0.211. The Hall–Kier alpha value is -3.55. The van der Waals surface area contributed by atoms with E-state index in [1.54, 1.807) is 16.9 Å². The van der Waals surface area contributed by atoms with Crippen LogP contribution < -0.4 is 11.2 Å². The van der Waals surface area contributed by atoms with Gasteiger partial charge in [0.25, 0.3) is 5.56 Å². The third-order valence-electron chi connectivity index (χ3n) is 5.00. The van der Waals surface area contributed by atoms with E-state index in [0.717, 1.165) is 23.2 Å². The monoisotopic (exact) mass is 360 g/mol. The zero-order chi connectivity index (χ0) is 18.5. The highest BCUT2D eigenvalue weighted by Gasteiger charge is 2.41. The molecule has 1 fully saturated rings. The number of nitrogens with one attached hydrogen (secondary N) is 2. The van der Waals surface area contributed by atoms with Crippen molar-refractivity contribution in [3.8, 4) is 11.3 Å². The molecule has 0 bridgehead atoms. The zero-order valence-corrected chi connectivity index (χ0v) is 14.5. The maximum Gasteiger partial charge on any atom is 0.325 e. The summed E-state index contributed by atoms with van der Waals surface area (Å²) >= 11 is 0. The van der Waals surface area contributed by atoms with Crippen LogP contribution in [0.5, 0.6) is 0 Å². The summed E-state index contributed by atoms with van der Waals surface area (Å²) in [6.45, 7) is 2.04. The molecule has 4 aromatic heterocycles. The molecule has 8 nitrogen and oxygen atoms in total. The van der Waals surface area contributed by atoms with Gasteiger partial charge >= 0.3 is 5.69 Å². The number of hydrogen-bond acceptors (Lipinski definition) is 5. The van der Waals surface area contributed by atoms with E-state index in [2.05, 4.69) is 31.1 Å². The van der Waals surface area contributed by atoms with Gasteiger partial charge < -0.3 is 4.98 Å². The van der Waals surface area contributed by atoms with Gasteiger partial charge in [0.05, 0.1) is 11.3 Å². The molecule has 134 valence electrons. The Morgan fingerprint density at radius 2 is 2.07 bits per heavy atom. The summed E-state index contributed by atoms with van der Waals surface area (Å²) in [5.74, 6) is 0.670. The molecule has 0 amide bonds. The Bertz CT molecular complexity index is 1290. The summed E-state index contributed by atoms with van der Waals surface area (Å²) in [5.41, 5.74) is 4.00. The van der Waals surface area contributed by atoms with E-state index in [9.17, 15) is 9.59 Å². The van der Waals surface area contributed by atoms with E-state index in [0.29, 0.717) is 23.1 Å². The molecule has 1 aliphatic rings. The van der Waals surface area contributed by atoms with Crippen molar-refractivity contribution in [3.05, 3.63) is 80.6 Å². The van der Waals surface area contributed by atoms with E-state index in [1.807, 2.05) is 25.4 Å². The lowest BCUT2D eigenvalue weighted by molar-refractivity contribution is 0.904. The van der Waals surface area contributed by atoms with Crippen LogP contribution >= 0.6 is 0 Å². The molecule has 0 radical (unpaired) electrons. The van der Waals surface area contributed by atoms with Crippen molar-refractivity contribution in [1.29, 1.82) is 0 Å². The molecular formula is C19H16N6O2. The summed E-state index contributed by atoms with van der Waals surface area (Å²) in [6.07, 6.45) is 9.60. The highest BCUT2D eigenvalue weighted by molar-refractivity contribution is 5.63. The molecule has 27 heavy (non-hydrogen) atoms. The van der Waals surface area contributed by atoms with E-state index in [1.165, 1.54) is 11.8 Å². The molecule has 2 N–H and O–H groups in total. The number of hydrogen-bond donors (Lipinski definition) is 2. The van der Waals surface area contributed by atoms with Crippen LogP contribution in [0.2, 0.25) is 0 Å². The van der Waals surface area contributed by atoms with Gasteiger partial charge in [0, 0.05) is 36.5 Å². The first-order chi connectivity index (χ1) is 13.1. The van der Waals surface area contributed by atoms with E-state index >= 15 is 0 Å². The first-order valence-corrected chi connectivity index (χ1v) is 8.68. The van der Waals surface area contributed by atoms with Gasteiger partial charge in [-0.15, -0.1) is 0 Å². The van der Waals surface area contributed by atoms with Crippen LogP contribution in [0, 0.1) is 6.92 Å². The zero-order valence-electron chi connectivity index (χ0n) is 14.5. The minimum atomic E-state index is -0.540. The number of rotatable bonds is 3. The number of nitrogens with zero attached hydrogens (tertiary/aromatic N) is 4. The first kappa shape index (κ1) is 15.7. The van der Waals surface area contributed by atoms with E-state index in [4.69, 9.17) is 0 Å². The molecule has 5 rings (SSSR count). The van der Waals surface area contributed by atoms with Gasteiger partial charge in [-0.1, -0.05) is 6.07 Å². The minimum Gasteiger partial charge on any atom is -0.313 e. The molecule has 2 atom stereocenters. The normalized spacial score (nSPS) is 18.7. The maximum absolute atomic E-state index is 12.2. The van der Waals surface area contributed by atoms with Crippen LogP contribution in [0.15, 0.2) is 52.7 Å². The smallest absolute Gasteiger partial charge is 0.313 e. The van der Waals surface area contributed by atoms with Crippen LogP contribution in [0.1, 0.15) is 34.9 Å². The van der Waals surface area contributed by atoms with Crippen molar-refractivity contribution in [1.82, 2.24) is 29.5 Å². The van der Waals surface area contributed by atoms with Crippen LogP contribution in [-0.2, 0) is 0 Å². The van der Waals surface area contributed by atoms with Gasteiger partial charge in [-0.05, 0) is 42.4 Å². The Morgan fingerprint density at radius 1 is 1.19 bits per heavy atom. The second kappa shape index (κ2) is 5.73. The lowest BCUT2D eigenvalue weighted by Crippen LogP contribution is -2.23. The Kier molecular flexibility index (Phi) is 3.33. The average molecular weight is 360 g/mol. The third kappa shape index (κ3) is 2.66. The Labute approximate surface area is 153 Å². The standard InChI is InChI=1S/C19H16N6O2/c1-10-4-11(8-20-7-10)12-5-13(12)14-6-16(24-25-3-2-21-17(14)25)15-9-22-19(27)23-18(15)26/h2-4,6-9,12-13H,5H2,1H3,(H2,22,23,26,27)/t12-,13+/m1/s1. The predicted octanol–water partition coefficient (Wildman–Crippen LogP) is 1.75. The van der Waals surface area contributed by atoms with Gasteiger partial charge in [-0.3, -0.25) is 14.8 Å². The number of pyridine rings is 1. The fourth-order valence-electron chi connectivity index (χ4n) is 3.63. The van der Waals surface area contributed by atoms with Crippen molar-refractivity contribution in [2.75, 3.05) is 0 Å². The van der Waals surface area contributed by atoms with Crippen molar-refractivity contribution < 1.29 is 0 Å². The van der Waals surface area contributed by atoms with Crippen molar-refractivity contribution in [2.24, 2.45) is 0 Å². The van der Waals surface area contributed by atoms with Gasteiger partial charge in [0.15, 0.2) is 5.65 Å². The summed E-state index contributed by atoms with van der Waals surface area (Å²) in [5, 5.41) is 4.48. The molecule has 0 spiro atoms. The second-order valence-electron chi connectivity index (χ2n) is 6.91. The predicted molar refractivity (Wildman–Crippen MR) is 98.7 cm³/mol. The third-order valence-corrected chi connectivity index (χ3v) is 5.00. The molecule has 4 heterocycles. The number of imidazole rings is 1. The summed E-state index contributed by atoms with van der Waals surface area (Å²) in [7, 11) is 0. The molecule has 0 saturated heterocycles. The lowest BCUT2D eigenvalue weighted by Gasteiger charge is -2.07. The van der Waals surface area contributed by atoms with Gasteiger partial charge in [-0.25, -0.2) is 14.3 Å². The highest BCUT2D eigenvalue weighted by atomic mass is 16.2.